The van der Waals surface area contributed by atoms with Crippen LogP contribution in [0.15, 0.2) is 41.6 Å². The number of hydrogen-bond donors (Lipinski definition) is 0. The number of aromatic nitrogens is 1. The van der Waals surface area contributed by atoms with Crippen molar-refractivity contribution >= 4 is 21.6 Å². The van der Waals surface area contributed by atoms with Gasteiger partial charge in [-0.3, -0.25) is 9.78 Å². The quantitative estimate of drug-likeness (QED) is 0.770. The number of carbonyl (C=O) groups is 1. The first-order valence-corrected chi connectivity index (χ1v) is 11.3. The summed E-state index contributed by atoms with van der Waals surface area (Å²) in [7, 11) is -3.61. The van der Waals surface area contributed by atoms with Crippen LogP contribution in [0.4, 0.5) is 10.1 Å². The largest absolute Gasteiger partial charge is 0.309 e. The molecule has 0 aliphatic carbocycles. The number of benzene rings is 1. The molecule has 2 aromatic rings. The van der Waals surface area contributed by atoms with Gasteiger partial charge < -0.3 is 4.90 Å². The van der Waals surface area contributed by atoms with Crippen LogP contribution in [0.1, 0.15) is 30.4 Å². The zero-order chi connectivity index (χ0) is 20.6. The molecule has 0 radical (unpaired) electrons. The SMILES string of the molecule is Cc1cc(F)c2c(c1)CCCN2C(=O)C1CCN(S(=O)(=O)c2cccnc2)CC1. The zero-order valence-electron chi connectivity index (χ0n) is 16.3. The number of aryl methyl sites for hydroxylation is 2. The van der Waals surface area contributed by atoms with Crippen LogP contribution in [0, 0.1) is 18.7 Å². The lowest BCUT2D eigenvalue weighted by atomic mass is 9.93. The van der Waals surface area contributed by atoms with Gasteiger partial charge in [0.2, 0.25) is 15.9 Å². The third-order valence-electron chi connectivity index (χ3n) is 5.73. The number of rotatable bonds is 3. The van der Waals surface area contributed by atoms with Crippen molar-refractivity contribution in [2.24, 2.45) is 5.92 Å². The first-order chi connectivity index (χ1) is 13.9. The fourth-order valence-electron chi connectivity index (χ4n) is 4.27. The smallest absolute Gasteiger partial charge is 0.244 e. The number of sulfonamides is 1. The third-order valence-corrected chi connectivity index (χ3v) is 7.61. The molecule has 0 unspecified atom stereocenters. The number of nitrogens with zero attached hydrogens (tertiary/aromatic N) is 3. The molecule has 0 bridgehead atoms. The van der Waals surface area contributed by atoms with Crippen LogP contribution in [-0.2, 0) is 21.2 Å². The van der Waals surface area contributed by atoms with Crippen LogP contribution in [-0.4, -0.2) is 43.2 Å². The summed E-state index contributed by atoms with van der Waals surface area (Å²) < 4.78 is 41.5. The summed E-state index contributed by atoms with van der Waals surface area (Å²) in [4.78, 5) is 18.8. The molecule has 2 aliphatic heterocycles. The van der Waals surface area contributed by atoms with Crippen LogP contribution >= 0.6 is 0 Å². The highest BCUT2D eigenvalue weighted by molar-refractivity contribution is 7.89. The molecule has 1 aromatic heterocycles. The van der Waals surface area contributed by atoms with Gasteiger partial charge in [0.1, 0.15) is 10.7 Å². The van der Waals surface area contributed by atoms with E-state index in [1.165, 1.54) is 28.8 Å². The van der Waals surface area contributed by atoms with Crippen molar-refractivity contribution in [2.45, 2.75) is 37.5 Å². The van der Waals surface area contributed by atoms with Crippen LogP contribution < -0.4 is 4.90 Å². The molecule has 1 saturated heterocycles. The van der Waals surface area contributed by atoms with Gasteiger partial charge in [0.05, 0.1) is 5.69 Å². The Morgan fingerprint density at radius 1 is 1.21 bits per heavy atom. The number of pyridine rings is 1. The Morgan fingerprint density at radius 2 is 1.97 bits per heavy atom. The lowest BCUT2D eigenvalue weighted by molar-refractivity contribution is -0.123. The van der Waals surface area contributed by atoms with Crippen molar-refractivity contribution in [3.63, 3.8) is 0 Å². The van der Waals surface area contributed by atoms with Crippen LogP contribution in [0.3, 0.4) is 0 Å². The number of halogens is 1. The van der Waals surface area contributed by atoms with Gasteiger partial charge in [0.15, 0.2) is 0 Å². The second kappa shape index (κ2) is 7.84. The summed E-state index contributed by atoms with van der Waals surface area (Å²) in [5.41, 5.74) is 2.13. The highest BCUT2D eigenvalue weighted by Gasteiger charge is 2.36. The monoisotopic (exact) mass is 417 g/mol. The number of anilines is 1. The zero-order valence-corrected chi connectivity index (χ0v) is 17.2. The first kappa shape index (κ1) is 20.0. The van der Waals surface area contributed by atoms with E-state index in [1.54, 1.807) is 11.0 Å². The Hall–Kier alpha value is -2.32. The minimum atomic E-state index is -3.61. The Bertz CT molecular complexity index is 1020. The van der Waals surface area contributed by atoms with Crippen molar-refractivity contribution in [1.82, 2.24) is 9.29 Å². The third kappa shape index (κ3) is 3.79. The van der Waals surface area contributed by atoms with E-state index < -0.39 is 10.0 Å². The average molecular weight is 418 g/mol. The molecule has 154 valence electrons. The summed E-state index contributed by atoms with van der Waals surface area (Å²) in [6.07, 6.45) is 5.29. The molecule has 3 heterocycles. The van der Waals surface area contributed by atoms with Gasteiger partial charge >= 0.3 is 0 Å². The van der Waals surface area contributed by atoms with Gasteiger partial charge in [-0.1, -0.05) is 6.07 Å². The van der Waals surface area contributed by atoms with Gasteiger partial charge in [-0.15, -0.1) is 0 Å². The van der Waals surface area contributed by atoms with Gasteiger partial charge in [-0.2, -0.15) is 4.31 Å². The van der Waals surface area contributed by atoms with Crippen molar-refractivity contribution in [3.8, 4) is 0 Å². The normalized spacial score (nSPS) is 18.5. The lowest BCUT2D eigenvalue weighted by Crippen LogP contribution is -2.46. The number of carbonyl (C=O) groups excluding carboxylic acids is 1. The molecule has 1 fully saturated rings. The van der Waals surface area contributed by atoms with E-state index in [0.29, 0.717) is 25.1 Å². The van der Waals surface area contributed by atoms with E-state index in [-0.39, 0.29) is 35.6 Å². The van der Waals surface area contributed by atoms with Crippen LogP contribution in [0.5, 0.6) is 0 Å². The van der Waals surface area contributed by atoms with E-state index in [0.717, 1.165) is 24.0 Å². The van der Waals surface area contributed by atoms with Crippen molar-refractivity contribution in [3.05, 3.63) is 53.6 Å². The highest BCUT2D eigenvalue weighted by atomic mass is 32.2. The molecule has 8 heteroatoms. The summed E-state index contributed by atoms with van der Waals surface area (Å²) in [6, 6.07) is 6.52. The standard InChI is InChI=1S/C21H24FN3O3S/c1-15-12-17-4-3-9-25(20(17)19(22)13-15)21(26)16-6-10-24(11-7-16)29(27,28)18-5-2-8-23-14-18/h2,5,8,12-14,16H,3-4,6-7,9-11H2,1H3. The highest BCUT2D eigenvalue weighted by Crippen LogP contribution is 2.34. The molecule has 0 saturated carbocycles. The van der Waals surface area contributed by atoms with Crippen molar-refractivity contribution in [2.75, 3.05) is 24.5 Å². The second-order valence-corrected chi connectivity index (χ2v) is 9.65. The van der Waals surface area contributed by atoms with E-state index in [4.69, 9.17) is 0 Å². The van der Waals surface area contributed by atoms with Gasteiger partial charge in [0, 0.05) is 37.9 Å². The van der Waals surface area contributed by atoms with Crippen LogP contribution in [0.2, 0.25) is 0 Å². The first-order valence-electron chi connectivity index (χ1n) is 9.88. The maximum Gasteiger partial charge on any atom is 0.244 e. The summed E-state index contributed by atoms with van der Waals surface area (Å²) in [5.74, 6) is -0.765. The molecule has 1 aromatic carbocycles. The van der Waals surface area contributed by atoms with Crippen LogP contribution in [0.25, 0.3) is 0 Å². The maximum atomic E-state index is 14.6. The molecular weight excluding hydrogens is 393 g/mol. The predicted molar refractivity (Wildman–Crippen MR) is 108 cm³/mol. The lowest BCUT2D eigenvalue weighted by Gasteiger charge is -2.36. The van der Waals surface area contributed by atoms with E-state index >= 15 is 0 Å². The van der Waals surface area contributed by atoms with E-state index in [1.807, 2.05) is 13.0 Å². The molecule has 0 spiro atoms. The second-order valence-electron chi connectivity index (χ2n) is 7.71. The fraction of sp³-hybridized carbons (Fsp3) is 0.429. The number of amides is 1. The maximum absolute atomic E-state index is 14.6. The topological polar surface area (TPSA) is 70.6 Å². The van der Waals surface area contributed by atoms with Crippen molar-refractivity contribution < 1.29 is 17.6 Å². The van der Waals surface area contributed by atoms with E-state index in [2.05, 4.69) is 4.98 Å². The summed E-state index contributed by atoms with van der Waals surface area (Å²) >= 11 is 0. The number of hydrogen-bond acceptors (Lipinski definition) is 4. The Labute approximate surface area is 170 Å². The number of fused-ring (bicyclic) bond motifs is 1. The molecule has 29 heavy (non-hydrogen) atoms. The Morgan fingerprint density at radius 3 is 2.66 bits per heavy atom. The molecule has 0 atom stereocenters. The molecule has 4 rings (SSSR count). The fourth-order valence-corrected chi connectivity index (χ4v) is 5.71. The van der Waals surface area contributed by atoms with Gasteiger partial charge in [0.25, 0.3) is 0 Å². The number of piperidine rings is 1. The molecular formula is C21H24FN3O3S. The minimum Gasteiger partial charge on any atom is -0.309 e. The Kier molecular flexibility index (Phi) is 5.40. The molecule has 0 N–H and O–H groups in total. The predicted octanol–water partition coefficient (Wildman–Crippen LogP) is 2.91. The molecule has 6 nitrogen and oxygen atoms in total. The van der Waals surface area contributed by atoms with Gasteiger partial charge in [-0.05, 0) is 61.9 Å². The summed E-state index contributed by atoms with van der Waals surface area (Å²) in [5, 5.41) is 0. The molecule has 1 amide bonds. The minimum absolute atomic E-state index is 0.105. The average Bonchev–Trinajstić information content (AvgIpc) is 2.73. The van der Waals surface area contributed by atoms with Crippen molar-refractivity contribution in [1.29, 1.82) is 0 Å². The molecule has 2 aliphatic rings. The summed E-state index contributed by atoms with van der Waals surface area (Å²) in [6.45, 7) is 2.89. The van der Waals surface area contributed by atoms with Gasteiger partial charge in [-0.25, -0.2) is 12.8 Å². The Balaban J connectivity index is 1.48. The van der Waals surface area contributed by atoms with E-state index in [9.17, 15) is 17.6 Å².